The van der Waals surface area contributed by atoms with Crippen molar-refractivity contribution in [2.75, 3.05) is 26.4 Å². The fourth-order valence-corrected chi connectivity index (χ4v) is 1.71. The van der Waals surface area contributed by atoms with Crippen molar-refractivity contribution in [1.82, 2.24) is 0 Å². The van der Waals surface area contributed by atoms with E-state index in [1.165, 1.54) is 0 Å². The van der Waals surface area contributed by atoms with Crippen LogP contribution >= 0.6 is 0 Å². The topological polar surface area (TPSA) is 74.8 Å². The SMILES string of the molecule is C(OCC1CO1)C1CO1.Cc1cc(O)c(C)c(C)c1O. The van der Waals surface area contributed by atoms with Gasteiger partial charge in [0.25, 0.3) is 0 Å². The fraction of sp³-hybridized carbons (Fsp3) is 0.600. The van der Waals surface area contributed by atoms with Gasteiger partial charge in [-0.25, -0.2) is 0 Å². The first-order chi connectivity index (χ1) is 9.49. The van der Waals surface area contributed by atoms with Gasteiger partial charge >= 0.3 is 0 Å². The van der Waals surface area contributed by atoms with Gasteiger partial charge in [0.05, 0.1) is 26.4 Å². The van der Waals surface area contributed by atoms with Gasteiger partial charge in [0, 0.05) is 0 Å². The van der Waals surface area contributed by atoms with Gasteiger partial charge in [0.15, 0.2) is 0 Å². The Kier molecular flexibility index (Phi) is 4.86. The Hall–Kier alpha value is -1.30. The number of phenols is 2. The molecule has 2 saturated heterocycles. The lowest BCUT2D eigenvalue weighted by atomic mass is 10.0. The zero-order chi connectivity index (χ0) is 14.7. The molecule has 2 N–H and O–H groups in total. The lowest BCUT2D eigenvalue weighted by molar-refractivity contribution is 0.102. The van der Waals surface area contributed by atoms with E-state index in [0.717, 1.165) is 37.6 Å². The van der Waals surface area contributed by atoms with E-state index in [1.54, 1.807) is 26.8 Å². The third-order valence-corrected chi connectivity index (χ3v) is 3.44. The number of hydrogen-bond acceptors (Lipinski definition) is 5. The summed E-state index contributed by atoms with van der Waals surface area (Å²) in [5, 5.41) is 18.7. The average Bonchev–Trinajstić information content (AvgIpc) is 3.29. The van der Waals surface area contributed by atoms with Crippen LogP contribution in [-0.2, 0) is 14.2 Å². The highest BCUT2D eigenvalue weighted by Crippen LogP contribution is 2.30. The Labute approximate surface area is 119 Å². The number of ether oxygens (including phenoxy) is 3. The first kappa shape index (κ1) is 15.1. The number of aromatic hydroxyl groups is 2. The van der Waals surface area contributed by atoms with E-state index in [2.05, 4.69) is 0 Å². The lowest BCUT2D eigenvalue weighted by Gasteiger charge is -2.07. The van der Waals surface area contributed by atoms with Crippen molar-refractivity contribution >= 4 is 0 Å². The monoisotopic (exact) mass is 282 g/mol. The van der Waals surface area contributed by atoms with E-state index >= 15 is 0 Å². The maximum Gasteiger partial charge on any atom is 0.121 e. The highest BCUT2D eigenvalue weighted by atomic mass is 16.6. The van der Waals surface area contributed by atoms with Gasteiger partial charge in [-0.15, -0.1) is 0 Å². The molecular weight excluding hydrogens is 260 g/mol. The molecule has 5 nitrogen and oxygen atoms in total. The lowest BCUT2D eigenvalue weighted by Crippen LogP contribution is -2.06. The fourth-order valence-electron chi connectivity index (χ4n) is 1.71. The molecule has 1 aromatic carbocycles. The Morgan fingerprint density at radius 2 is 1.55 bits per heavy atom. The normalized spacial score (nSPS) is 22.9. The smallest absolute Gasteiger partial charge is 0.121 e. The van der Waals surface area contributed by atoms with Crippen molar-refractivity contribution in [3.05, 3.63) is 22.8 Å². The van der Waals surface area contributed by atoms with E-state index in [0.29, 0.717) is 17.8 Å². The number of phenolic OH excluding ortho intramolecular Hbond substituents is 2. The molecule has 0 spiro atoms. The first-order valence-electron chi connectivity index (χ1n) is 6.78. The van der Waals surface area contributed by atoms with Gasteiger partial charge in [0.2, 0.25) is 0 Å². The zero-order valence-electron chi connectivity index (χ0n) is 12.2. The summed E-state index contributed by atoms with van der Waals surface area (Å²) in [7, 11) is 0. The summed E-state index contributed by atoms with van der Waals surface area (Å²) in [6.45, 7) is 8.60. The first-order valence-corrected chi connectivity index (χ1v) is 6.78. The van der Waals surface area contributed by atoms with Crippen LogP contribution in [0, 0.1) is 20.8 Å². The molecule has 2 aliphatic rings. The molecule has 1 aromatic rings. The number of rotatable bonds is 4. The molecule has 2 atom stereocenters. The van der Waals surface area contributed by atoms with E-state index < -0.39 is 0 Å². The summed E-state index contributed by atoms with van der Waals surface area (Å²) in [6, 6.07) is 1.57. The molecule has 5 heteroatoms. The highest BCUT2D eigenvalue weighted by molar-refractivity contribution is 5.50. The Balaban J connectivity index is 0.000000149. The molecule has 2 aliphatic heterocycles. The molecule has 2 unspecified atom stereocenters. The van der Waals surface area contributed by atoms with Gasteiger partial charge in [-0.05, 0) is 43.5 Å². The van der Waals surface area contributed by atoms with Crippen molar-refractivity contribution < 1.29 is 24.4 Å². The highest BCUT2D eigenvalue weighted by Gasteiger charge is 2.26. The van der Waals surface area contributed by atoms with Crippen LogP contribution in [0.4, 0.5) is 0 Å². The summed E-state index contributed by atoms with van der Waals surface area (Å²) in [4.78, 5) is 0. The van der Waals surface area contributed by atoms with E-state index in [4.69, 9.17) is 14.2 Å². The molecule has 0 amide bonds. The molecule has 2 fully saturated rings. The van der Waals surface area contributed by atoms with Crippen molar-refractivity contribution in [1.29, 1.82) is 0 Å². The van der Waals surface area contributed by atoms with Gasteiger partial charge in [-0.1, -0.05) is 0 Å². The average molecular weight is 282 g/mol. The minimum atomic E-state index is 0.248. The summed E-state index contributed by atoms with van der Waals surface area (Å²) in [6.07, 6.45) is 0.785. The Morgan fingerprint density at radius 3 is 2.00 bits per heavy atom. The Bertz CT molecular complexity index is 426. The van der Waals surface area contributed by atoms with Crippen LogP contribution in [0.2, 0.25) is 0 Å². The molecule has 20 heavy (non-hydrogen) atoms. The van der Waals surface area contributed by atoms with E-state index in [1.807, 2.05) is 0 Å². The maximum atomic E-state index is 9.40. The minimum absolute atomic E-state index is 0.248. The molecular formula is C15H22O5. The molecule has 0 aliphatic carbocycles. The van der Waals surface area contributed by atoms with Crippen LogP contribution in [-0.4, -0.2) is 48.8 Å². The largest absolute Gasteiger partial charge is 0.508 e. The van der Waals surface area contributed by atoms with Crippen LogP contribution in [0.1, 0.15) is 16.7 Å². The second-order valence-corrected chi connectivity index (χ2v) is 5.26. The summed E-state index contributed by atoms with van der Waals surface area (Å²) in [5.41, 5.74) is 2.21. The molecule has 0 radical (unpaired) electrons. The van der Waals surface area contributed by atoms with Crippen LogP contribution in [0.25, 0.3) is 0 Å². The summed E-state index contributed by atoms with van der Waals surface area (Å²) >= 11 is 0. The van der Waals surface area contributed by atoms with Gasteiger partial charge in [0.1, 0.15) is 23.7 Å². The second kappa shape index (κ2) is 6.43. The minimum Gasteiger partial charge on any atom is -0.508 e. The van der Waals surface area contributed by atoms with Crippen LogP contribution < -0.4 is 0 Å². The van der Waals surface area contributed by atoms with Crippen molar-refractivity contribution in [2.24, 2.45) is 0 Å². The van der Waals surface area contributed by atoms with Crippen molar-refractivity contribution in [3.8, 4) is 11.5 Å². The third-order valence-electron chi connectivity index (χ3n) is 3.44. The molecule has 3 rings (SSSR count). The number of aryl methyl sites for hydroxylation is 1. The van der Waals surface area contributed by atoms with Gasteiger partial charge in [-0.2, -0.15) is 0 Å². The van der Waals surface area contributed by atoms with Crippen LogP contribution in [0.5, 0.6) is 11.5 Å². The summed E-state index contributed by atoms with van der Waals surface area (Å²) < 4.78 is 15.1. The maximum absolute atomic E-state index is 9.40. The molecule has 0 aromatic heterocycles. The molecule has 112 valence electrons. The van der Waals surface area contributed by atoms with Crippen molar-refractivity contribution in [2.45, 2.75) is 33.0 Å². The number of hydrogen-bond donors (Lipinski definition) is 2. The van der Waals surface area contributed by atoms with Crippen molar-refractivity contribution in [3.63, 3.8) is 0 Å². The van der Waals surface area contributed by atoms with Gasteiger partial charge in [-0.3, -0.25) is 0 Å². The van der Waals surface area contributed by atoms with E-state index in [9.17, 15) is 10.2 Å². The molecule has 0 saturated carbocycles. The second-order valence-electron chi connectivity index (χ2n) is 5.26. The number of benzene rings is 1. The third kappa shape index (κ3) is 4.37. The van der Waals surface area contributed by atoms with E-state index in [-0.39, 0.29) is 11.5 Å². The Morgan fingerprint density at radius 1 is 1.05 bits per heavy atom. The molecule has 2 heterocycles. The molecule has 0 bridgehead atoms. The predicted octanol–water partition coefficient (Wildman–Crippen LogP) is 1.82. The standard InChI is InChI=1S/C9H12O2.C6H10O3/c1-5-4-8(10)6(2)7(3)9(5)11;1(5-3-8-5)7-2-6-4-9-6/h4,10-11H,1-3H3;5-6H,1-4H2. The van der Waals surface area contributed by atoms with Gasteiger partial charge < -0.3 is 24.4 Å². The predicted molar refractivity (Wildman–Crippen MR) is 74.3 cm³/mol. The zero-order valence-corrected chi connectivity index (χ0v) is 12.2. The number of epoxide rings is 2. The quantitative estimate of drug-likeness (QED) is 0.651. The van der Waals surface area contributed by atoms with Crippen LogP contribution in [0.3, 0.4) is 0 Å². The van der Waals surface area contributed by atoms with Crippen LogP contribution in [0.15, 0.2) is 6.07 Å². The summed E-state index contributed by atoms with van der Waals surface area (Å²) in [5.74, 6) is 0.526.